The minimum absolute atomic E-state index is 0.0724. The van der Waals surface area contributed by atoms with Gasteiger partial charge in [-0.25, -0.2) is 0 Å². The maximum atomic E-state index is 12.0. The first-order valence-electron chi connectivity index (χ1n) is 6.77. The van der Waals surface area contributed by atoms with Crippen LogP contribution in [0.5, 0.6) is 0 Å². The Labute approximate surface area is 120 Å². The molecular weight excluding hydrogens is 308 g/mol. The summed E-state index contributed by atoms with van der Waals surface area (Å²) >= 11 is 3.55. The fourth-order valence-corrected chi connectivity index (χ4v) is 4.06. The summed E-state index contributed by atoms with van der Waals surface area (Å²) in [7, 11) is 0. The molecule has 0 N–H and O–H groups in total. The molecule has 102 valence electrons. The van der Waals surface area contributed by atoms with Gasteiger partial charge in [0.25, 0.3) is 5.56 Å². The van der Waals surface area contributed by atoms with E-state index < -0.39 is 0 Å². The van der Waals surface area contributed by atoms with Crippen molar-refractivity contribution in [3.05, 3.63) is 32.7 Å². The Kier molecular flexibility index (Phi) is 3.25. The maximum absolute atomic E-state index is 12.0. The SMILES string of the molecule is CCC(=O)N1C[C@@H]2C[C@H](C1)c1c(Br)ccc(=O)n1C2. The van der Waals surface area contributed by atoms with Gasteiger partial charge in [0.05, 0.1) is 0 Å². The number of likely N-dealkylation sites (tertiary alicyclic amines) is 1. The Balaban J connectivity index is 2.00. The Morgan fingerprint density at radius 3 is 2.89 bits per heavy atom. The number of nitrogens with zero attached hydrogens (tertiary/aromatic N) is 2. The van der Waals surface area contributed by atoms with E-state index in [0.29, 0.717) is 12.3 Å². The summed E-state index contributed by atoms with van der Waals surface area (Å²) in [5.41, 5.74) is 1.14. The topological polar surface area (TPSA) is 42.3 Å². The van der Waals surface area contributed by atoms with Crippen molar-refractivity contribution in [1.29, 1.82) is 0 Å². The predicted molar refractivity (Wildman–Crippen MR) is 76.1 cm³/mol. The number of carbonyl (C=O) groups is 1. The molecule has 3 rings (SSSR count). The minimum atomic E-state index is 0.0724. The molecule has 0 radical (unpaired) electrons. The zero-order valence-corrected chi connectivity index (χ0v) is 12.5. The fraction of sp³-hybridized carbons (Fsp3) is 0.571. The van der Waals surface area contributed by atoms with Gasteiger partial charge in [-0.3, -0.25) is 9.59 Å². The van der Waals surface area contributed by atoms with E-state index in [0.717, 1.165) is 36.2 Å². The van der Waals surface area contributed by atoms with Crippen molar-refractivity contribution in [2.75, 3.05) is 13.1 Å². The van der Waals surface area contributed by atoms with E-state index >= 15 is 0 Å². The lowest BCUT2D eigenvalue weighted by molar-refractivity contribution is -0.133. The third-order valence-corrected chi connectivity index (χ3v) is 4.86. The van der Waals surface area contributed by atoms with Crippen molar-refractivity contribution in [3.63, 3.8) is 0 Å². The first-order valence-corrected chi connectivity index (χ1v) is 7.56. The third kappa shape index (κ3) is 2.14. The van der Waals surface area contributed by atoms with Gasteiger partial charge in [0.1, 0.15) is 0 Å². The molecule has 3 heterocycles. The molecular formula is C14H17BrN2O2. The summed E-state index contributed by atoms with van der Waals surface area (Å²) in [6.07, 6.45) is 1.64. The third-order valence-electron chi connectivity index (χ3n) is 4.19. The van der Waals surface area contributed by atoms with Crippen LogP contribution in [0.15, 0.2) is 21.4 Å². The van der Waals surface area contributed by atoms with Gasteiger partial charge >= 0.3 is 0 Å². The van der Waals surface area contributed by atoms with E-state index in [1.165, 1.54) is 0 Å². The number of hydrogen-bond acceptors (Lipinski definition) is 2. The van der Waals surface area contributed by atoms with Gasteiger partial charge in [-0.1, -0.05) is 6.92 Å². The van der Waals surface area contributed by atoms with Crippen LogP contribution in [-0.2, 0) is 11.3 Å². The molecule has 5 heteroatoms. The largest absolute Gasteiger partial charge is 0.342 e. The van der Waals surface area contributed by atoms with Crippen LogP contribution < -0.4 is 5.56 Å². The number of hydrogen-bond donors (Lipinski definition) is 0. The van der Waals surface area contributed by atoms with Gasteiger partial charge in [0.2, 0.25) is 5.91 Å². The lowest BCUT2D eigenvalue weighted by Crippen LogP contribution is -2.49. The molecule has 2 aliphatic rings. The van der Waals surface area contributed by atoms with Crippen molar-refractivity contribution in [2.45, 2.75) is 32.2 Å². The highest BCUT2D eigenvalue weighted by molar-refractivity contribution is 9.10. The zero-order valence-electron chi connectivity index (χ0n) is 10.9. The van der Waals surface area contributed by atoms with Crippen molar-refractivity contribution >= 4 is 21.8 Å². The van der Waals surface area contributed by atoms with Gasteiger partial charge in [-0.05, 0) is 34.3 Å². The highest BCUT2D eigenvalue weighted by atomic mass is 79.9. The zero-order chi connectivity index (χ0) is 13.6. The normalized spacial score (nSPS) is 25.1. The second kappa shape index (κ2) is 4.78. The van der Waals surface area contributed by atoms with Crippen LogP contribution in [0.2, 0.25) is 0 Å². The average Bonchev–Trinajstić information content (AvgIpc) is 2.41. The molecule has 0 spiro atoms. The van der Waals surface area contributed by atoms with Crippen molar-refractivity contribution in [3.8, 4) is 0 Å². The number of fused-ring (bicyclic) bond motifs is 4. The molecule has 0 unspecified atom stereocenters. The summed E-state index contributed by atoms with van der Waals surface area (Å²) in [6, 6.07) is 3.44. The lowest BCUT2D eigenvalue weighted by atomic mass is 9.83. The molecule has 1 aromatic heterocycles. The number of amides is 1. The van der Waals surface area contributed by atoms with Gasteiger partial charge in [-0.2, -0.15) is 0 Å². The number of carbonyl (C=O) groups excluding carboxylic acids is 1. The van der Waals surface area contributed by atoms with E-state index in [1.54, 1.807) is 6.07 Å². The molecule has 1 saturated heterocycles. The molecule has 0 aliphatic carbocycles. The van der Waals surface area contributed by atoms with Crippen LogP contribution >= 0.6 is 15.9 Å². The Morgan fingerprint density at radius 1 is 1.37 bits per heavy atom. The Bertz CT molecular complexity index is 581. The molecule has 1 fully saturated rings. The van der Waals surface area contributed by atoms with Crippen molar-refractivity contribution in [2.24, 2.45) is 5.92 Å². The summed E-state index contributed by atoms with van der Waals surface area (Å²) < 4.78 is 2.87. The van der Waals surface area contributed by atoms with Crippen LogP contribution in [0.25, 0.3) is 0 Å². The van der Waals surface area contributed by atoms with E-state index in [1.807, 2.05) is 22.5 Å². The van der Waals surface area contributed by atoms with Gasteiger partial charge in [0, 0.05) is 48.2 Å². The molecule has 4 nitrogen and oxygen atoms in total. The maximum Gasteiger partial charge on any atom is 0.250 e. The number of pyridine rings is 1. The lowest BCUT2D eigenvalue weighted by Gasteiger charge is -2.43. The molecule has 19 heavy (non-hydrogen) atoms. The highest BCUT2D eigenvalue weighted by Gasteiger charge is 2.36. The smallest absolute Gasteiger partial charge is 0.250 e. The monoisotopic (exact) mass is 324 g/mol. The van der Waals surface area contributed by atoms with Crippen LogP contribution in [0.1, 0.15) is 31.4 Å². The van der Waals surface area contributed by atoms with E-state index in [4.69, 9.17) is 0 Å². The number of piperidine rings is 1. The van der Waals surface area contributed by atoms with E-state index in [-0.39, 0.29) is 17.4 Å². The standard InChI is InChI=1S/C14H17BrN2O2/c1-2-12(18)16-6-9-5-10(8-16)14-11(15)3-4-13(19)17(14)7-9/h3-4,9-10H,2,5-8H2,1H3/t9-,10+/m0/s1. The summed E-state index contributed by atoms with van der Waals surface area (Å²) in [5, 5.41) is 0. The summed E-state index contributed by atoms with van der Waals surface area (Å²) in [6.45, 7) is 4.17. The fourth-order valence-electron chi connectivity index (χ4n) is 3.39. The second-order valence-corrected chi connectivity index (χ2v) is 6.32. The Hall–Kier alpha value is -1.10. The first kappa shape index (κ1) is 12.9. The molecule has 2 atom stereocenters. The summed E-state index contributed by atoms with van der Waals surface area (Å²) in [4.78, 5) is 25.9. The van der Waals surface area contributed by atoms with Crippen LogP contribution in [-0.4, -0.2) is 28.5 Å². The summed E-state index contributed by atoms with van der Waals surface area (Å²) in [5.74, 6) is 0.914. The number of rotatable bonds is 1. The van der Waals surface area contributed by atoms with Gasteiger partial charge in [-0.15, -0.1) is 0 Å². The second-order valence-electron chi connectivity index (χ2n) is 5.47. The quantitative estimate of drug-likeness (QED) is 0.792. The Morgan fingerprint density at radius 2 is 2.16 bits per heavy atom. The molecule has 2 aliphatic heterocycles. The molecule has 2 bridgehead atoms. The van der Waals surface area contributed by atoms with E-state index in [2.05, 4.69) is 15.9 Å². The van der Waals surface area contributed by atoms with E-state index in [9.17, 15) is 9.59 Å². The van der Waals surface area contributed by atoms with Crippen LogP contribution in [0.4, 0.5) is 0 Å². The molecule has 1 amide bonds. The molecule has 0 saturated carbocycles. The molecule has 1 aromatic rings. The minimum Gasteiger partial charge on any atom is -0.342 e. The predicted octanol–water partition coefficient (Wildman–Crippen LogP) is 1.97. The number of aromatic nitrogens is 1. The average molecular weight is 325 g/mol. The highest BCUT2D eigenvalue weighted by Crippen LogP contribution is 2.38. The van der Waals surface area contributed by atoms with Gasteiger partial charge < -0.3 is 9.47 Å². The van der Waals surface area contributed by atoms with Crippen LogP contribution in [0.3, 0.4) is 0 Å². The molecule has 0 aromatic carbocycles. The van der Waals surface area contributed by atoms with Gasteiger partial charge in [0.15, 0.2) is 0 Å². The van der Waals surface area contributed by atoms with Crippen LogP contribution in [0, 0.1) is 5.92 Å². The van der Waals surface area contributed by atoms with Crippen molar-refractivity contribution < 1.29 is 4.79 Å². The number of halogens is 1. The van der Waals surface area contributed by atoms with Crippen molar-refractivity contribution in [1.82, 2.24) is 9.47 Å². The first-order chi connectivity index (χ1) is 9.10.